The van der Waals surface area contributed by atoms with Crippen LogP contribution in [0.3, 0.4) is 0 Å². The van der Waals surface area contributed by atoms with Crippen LogP contribution in [0, 0.1) is 0 Å². The highest BCUT2D eigenvalue weighted by molar-refractivity contribution is 7.91. The highest BCUT2D eigenvalue weighted by Gasteiger charge is 2.46. The van der Waals surface area contributed by atoms with Gasteiger partial charge >= 0.3 is 0 Å². The van der Waals surface area contributed by atoms with Crippen molar-refractivity contribution in [1.29, 1.82) is 0 Å². The molecule has 2 aliphatic heterocycles. The molecule has 0 spiro atoms. The zero-order chi connectivity index (χ0) is 17.3. The van der Waals surface area contributed by atoms with Crippen LogP contribution in [0.1, 0.15) is 31.5 Å². The summed E-state index contributed by atoms with van der Waals surface area (Å²) in [5.74, 6) is 1.89. The minimum absolute atomic E-state index is 0.0185. The molecule has 2 fully saturated rings. The molecule has 0 saturated carbocycles. The van der Waals surface area contributed by atoms with Crippen LogP contribution in [0.2, 0.25) is 0 Å². The zero-order valence-corrected chi connectivity index (χ0v) is 15.3. The second kappa shape index (κ2) is 7.07. The molecule has 1 aromatic heterocycles. The fourth-order valence-electron chi connectivity index (χ4n) is 3.52. The summed E-state index contributed by atoms with van der Waals surface area (Å²) in [5.41, 5.74) is 0. The molecule has 0 unspecified atom stereocenters. The largest absolute Gasteiger partial charge is 0.383 e. The number of hydrogen-bond acceptors (Lipinski definition) is 8. The lowest BCUT2D eigenvalue weighted by molar-refractivity contribution is 0.0205. The molecular weight excluding hydrogens is 332 g/mol. The van der Waals surface area contributed by atoms with E-state index in [2.05, 4.69) is 19.9 Å². The van der Waals surface area contributed by atoms with Gasteiger partial charge in [-0.15, -0.1) is 0 Å². The molecular formula is C15H26N4O4S. The predicted octanol–water partition coefficient (Wildman–Crippen LogP) is 0.123. The van der Waals surface area contributed by atoms with Crippen LogP contribution in [0.5, 0.6) is 0 Å². The Kier molecular flexibility index (Phi) is 5.24. The third kappa shape index (κ3) is 3.79. The lowest BCUT2D eigenvalue weighted by Gasteiger charge is -2.43. The fraction of sp³-hybridized carbons (Fsp3) is 0.867. The minimum atomic E-state index is -3.01. The van der Waals surface area contributed by atoms with Gasteiger partial charge in [0.2, 0.25) is 5.89 Å². The molecule has 0 radical (unpaired) electrons. The van der Waals surface area contributed by atoms with Gasteiger partial charge in [-0.25, -0.2) is 8.42 Å². The van der Waals surface area contributed by atoms with E-state index in [1.807, 2.05) is 13.8 Å². The highest BCUT2D eigenvalue weighted by atomic mass is 32.2. The first-order valence-electron chi connectivity index (χ1n) is 8.39. The van der Waals surface area contributed by atoms with Crippen molar-refractivity contribution in [2.24, 2.45) is 0 Å². The van der Waals surface area contributed by atoms with Crippen LogP contribution in [0.15, 0.2) is 4.52 Å². The Bertz CT molecular complexity index is 660. The van der Waals surface area contributed by atoms with Crippen molar-refractivity contribution in [2.45, 2.75) is 38.4 Å². The van der Waals surface area contributed by atoms with E-state index in [9.17, 15) is 8.42 Å². The van der Waals surface area contributed by atoms with E-state index in [4.69, 9.17) is 9.26 Å². The third-order valence-corrected chi connectivity index (χ3v) is 6.53. The van der Waals surface area contributed by atoms with Gasteiger partial charge in [0.05, 0.1) is 24.7 Å². The number of aromatic nitrogens is 2. The summed E-state index contributed by atoms with van der Waals surface area (Å²) in [6.07, 6.45) is 0. The summed E-state index contributed by atoms with van der Waals surface area (Å²) >= 11 is 0. The first-order chi connectivity index (χ1) is 11.4. The third-order valence-electron chi connectivity index (χ3n) is 4.83. The summed E-state index contributed by atoms with van der Waals surface area (Å²) in [4.78, 5) is 8.84. The first kappa shape index (κ1) is 17.8. The average molecular weight is 358 g/mol. The molecule has 0 bridgehead atoms. The average Bonchev–Trinajstić information content (AvgIpc) is 3.10. The Hall–Kier alpha value is -1.03. The van der Waals surface area contributed by atoms with Gasteiger partial charge in [0, 0.05) is 44.7 Å². The van der Waals surface area contributed by atoms with Crippen molar-refractivity contribution < 1.29 is 17.7 Å². The van der Waals surface area contributed by atoms with E-state index in [-0.39, 0.29) is 29.5 Å². The summed E-state index contributed by atoms with van der Waals surface area (Å²) in [6, 6.07) is 0.00129. The molecule has 8 nitrogen and oxygen atoms in total. The van der Waals surface area contributed by atoms with Crippen LogP contribution in [0.25, 0.3) is 0 Å². The second-order valence-corrected chi connectivity index (χ2v) is 9.07. The second-order valence-electron chi connectivity index (χ2n) is 6.91. The fourth-order valence-corrected chi connectivity index (χ4v) is 5.56. The van der Waals surface area contributed by atoms with Crippen molar-refractivity contribution >= 4 is 9.84 Å². The van der Waals surface area contributed by atoms with E-state index in [1.54, 1.807) is 7.11 Å². The Morgan fingerprint density at radius 2 is 1.92 bits per heavy atom. The maximum Gasteiger partial charge on any atom is 0.240 e. The number of piperazine rings is 1. The highest BCUT2D eigenvalue weighted by Crippen LogP contribution is 2.28. The lowest BCUT2D eigenvalue weighted by atomic mass is 10.0. The molecule has 0 N–H and O–H groups in total. The molecule has 0 aromatic carbocycles. The summed E-state index contributed by atoms with van der Waals surface area (Å²) in [5, 5.41) is 3.99. The van der Waals surface area contributed by atoms with Crippen molar-refractivity contribution in [3.63, 3.8) is 0 Å². The van der Waals surface area contributed by atoms with Crippen molar-refractivity contribution in [1.82, 2.24) is 19.9 Å². The van der Waals surface area contributed by atoms with E-state index >= 15 is 0 Å². The Balaban J connectivity index is 1.72. The number of nitrogens with zero attached hydrogens (tertiary/aromatic N) is 4. The Labute approximate surface area is 143 Å². The van der Waals surface area contributed by atoms with E-state index < -0.39 is 9.84 Å². The smallest absolute Gasteiger partial charge is 0.240 e. The van der Waals surface area contributed by atoms with E-state index in [0.29, 0.717) is 24.9 Å². The number of fused-ring (bicyclic) bond motifs is 1. The number of methoxy groups -OCH3 is 1. The van der Waals surface area contributed by atoms with Gasteiger partial charge in [0.1, 0.15) is 0 Å². The molecule has 1 aromatic rings. The number of sulfone groups is 1. The molecule has 2 atom stereocenters. The van der Waals surface area contributed by atoms with Crippen molar-refractivity contribution in [2.75, 3.05) is 44.9 Å². The van der Waals surface area contributed by atoms with Gasteiger partial charge in [-0.05, 0) is 0 Å². The SMILES string of the molecule is COCCN1CCN(Cc2nc(C(C)C)no2)[C@H]2CS(=O)(=O)C[C@H]21. The monoisotopic (exact) mass is 358 g/mol. The maximum atomic E-state index is 12.2. The predicted molar refractivity (Wildman–Crippen MR) is 88.5 cm³/mol. The maximum absolute atomic E-state index is 12.2. The number of rotatable bonds is 6. The molecule has 9 heteroatoms. The number of hydrogen-bond donors (Lipinski definition) is 0. The van der Waals surface area contributed by atoms with Crippen molar-refractivity contribution in [3.05, 3.63) is 11.7 Å². The molecule has 2 saturated heterocycles. The molecule has 0 amide bonds. The van der Waals surface area contributed by atoms with Crippen LogP contribution >= 0.6 is 0 Å². The Morgan fingerprint density at radius 3 is 2.54 bits per heavy atom. The molecule has 3 heterocycles. The molecule has 3 rings (SSSR count). The van der Waals surface area contributed by atoms with E-state index in [1.165, 1.54) is 0 Å². The Morgan fingerprint density at radius 1 is 1.25 bits per heavy atom. The van der Waals surface area contributed by atoms with Crippen LogP contribution in [-0.4, -0.2) is 85.3 Å². The standard InChI is InChI=1S/C15H26N4O4S/c1-11(2)15-16-14(23-17-15)8-19-5-4-18(6-7-22-3)12-9-24(20,21)10-13(12)19/h11-13H,4-10H2,1-3H3/t12-,13+/m1/s1. The normalized spacial score (nSPS) is 27.7. The summed E-state index contributed by atoms with van der Waals surface area (Å²) < 4.78 is 34.8. The minimum Gasteiger partial charge on any atom is -0.383 e. The quantitative estimate of drug-likeness (QED) is 0.709. The van der Waals surface area contributed by atoms with Crippen LogP contribution in [0.4, 0.5) is 0 Å². The molecule has 24 heavy (non-hydrogen) atoms. The van der Waals surface area contributed by atoms with Gasteiger partial charge in [0.15, 0.2) is 15.7 Å². The molecule has 2 aliphatic rings. The van der Waals surface area contributed by atoms with Crippen LogP contribution in [-0.2, 0) is 21.1 Å². The van der Waals surface area contributed by atoms with E-state index in [0.717, 1.165) is 19.6 Å². The topological polar surface area (TPSA) is 88.8 Å². The van der Waals surface area contributed by atoms with Gasteiger partial charge < -0.3 is 9.26 Å². The molecule has 0 aliphatic carbocycles. The lowest BCUT2D eigenvalue weighted by Crippen LogP contribution is -2.59. The molecule has 136 valence electrons. The van der Waals surface area contributed by atoms with Gasteiger partial charge in [-0.3, -0.25) is 9.80 Å². The first-order valence-corrected chi connectivity index (χ1v) is 10.2. The summed E-state index contributed by atoms with van der Waals surface area (Å²) in [7, 11) is -1.34. The van der Waals surface area contributed by atoms with Gasteiger partial charge in [0.25, 0.3) is 0 Å². The number of ether oxygens (including phenoxy) is 1. The zero-order valence-electron chi connectivity index (χ0n) is 14.5. The summed E-state index contributed by atoms with van der Waals surface area (Å²) in [6.45, 7) is 7.54. The van der Waals surface area contributed by atoms with Crippen LogP contribution < -0.4 is 0 Å². The van der Waals surface area contributed by atoms with Gasteiger partial charge in [-0.1, -0.05) is 19.0 Å². The van der Waals surface area contributed by atoms with Crippen molar-refractivity contribution in [3.8, 4) is 0 Å². The van der Waals surface area contributed by atoms with Gasteiger partial charge in [-0.2, -0.15) is 4.98 Å².